The van der Waals surface area contributed by atoms with Gasteiger partial charge in [0.2, 0.25) is 21.7 Å². The third-order valence-electron chi connectivity index (χ3n) is 2.63. The fraction of sp³-hybridized carbons (Fsp3) is 0.333. The maximum Gasteiger partial charge on any atom is 0.239 e. The largest absolute Gasteiger partial charge is 0.368 e. The topological polar surface area (TPSA) is 90.1 Å². The Bertz CT molecular complexity index is 552. The van der Waals surface area contributed by atoms with Gasteiger partial charge in [-0.15, -0.1) is 0 Å². The number of primary amides is 1. The molecule has 7 heteroatoms. The fourth-order valence-electron chi connectivity index (χ4n) is 1.50. The van der Waals surface area contributed by atoms with Crippen LogP contribution in [0.4, 0.5) is 4.39 Å². The quantitative estimate of drug-likeness (QED) is 0.758. The first-order chi connectivity index (χ1) is 7.40. The summed E-state index contributed by atoms with van der Waals surface area (Å²) in [5.74, 6) is -1.81. The molecule has 0 aromatic carbocycles. The van der Waals surface area contributed by atoms with E-state index >= 15 is 0 Å². The Hall–Kier alpha value is -1.50. The van der Waals surface area contributed by atoms with Crippen molar-refractivity contribution < 1.29 is 17.6 Å². The van der Waals surface area contributed by atoms with Crippen molar-refractivity contribution in [2.75, 3.05) is 0 Å². The maximum atomic E-state index is 12.8. The van der Waals surface area contributed by atoms with Gasteiger partial charge in [0.05, 0.1) is 0 Å². The second-order valence-corrected chi connectivity index (χ2v) is 5.87. The zero-order valence-corrected chi connectivity index (χ0v) is 9.00. The number of amides is 1. The predicted molar refractivity (Wildman–Crippen MR) is 52.5 cm³/mol. The number of carbonyl (C=O) groups is 1. The van der Waals surface area contributed by atoms with E-state index < -0.39 is 31.5 Å². The lowest BCUT2D eigenvalue weighted by Crippen LogP contribution is -2.38. The van der Waals surface area contributed by atoms with Crippen molar-refractivity contribution in [3.05, 3.63) is 24.1 Å². The van der Waals surface area contributed by atoms with Gasteiger partial charge in [-0.3, -0.25) is 4.79 Å². The van der Waals surface area contributed by atoms with Crippen LogP contribution in [0, 0.1) is 5.95 Å². The SMILES string of the molecule is NC(=O)C1(S(=O)(=O)c2cccc(F)n2)CC1. The number of hydrogen-bond donors (Lipinski definition) is 1. The summed E-state index contributed by atoms with van der Waals surface area (Å²) in [6, 6.07) is 3.41. The molecule has 1 aromatic heterocycles. The van der Waals surface area contributed by atoms with Crippen LogP contribution in [0.1, 0.15) is 12.8 Å². The second-order valence-electron chi connectivity index (χ2n) is 3.66. The summed E-state index contributed by atoms with van der Waals surface area (Å²) < 4.78 is 35.2. The highest BCUT2D eigenvalue weighted by molar-refractivity contribution is 7.93. The summed E-state index contributed by atoms with van der Waals surface area (Å²) in [6.07, 6.45) is 0.339. The van der Waals surface area contributed by atoms with E-state index in [9.17, 15) is 17.6 Å². The van der Waals surface area contributed by atoms with Gasteiger partial charge in [0, 0.05) is 0 Å². The summed E-state index contributed by atoms with van der Waals surface area (Å²) in [4.78, 5) is 14.4. The van der Waals surface area contributed by atoms with Crippen LogP contribution < -0.4 is 5.73 Å². The Morgan fingerprint density at radius 2 is 2.06 bits per heavy atom. The molecule has 1 saturated carbocycles. The lowest BCUT2D eigenvalue weighted by atomic mass is 10.4. The molecule has 1 aromatic rings. The summed E-state index contributed by atoms with van der Waals surface area (Å²) >= 11 is 0. The number of nitrogens with two attached hydrogens (primary N) is 1. The minimum Gasteiger partial charge on any atom is -0.368 e. The molecule has 1 amide bonds. The summed E-state index contributed by atoms with van der Waals surface area (Å²) in [6.45, 7) is 0. The highest BCUT2D eigenvalue weighted by Gasteiger charge is 2.60. The summed E-state index contributed by atoms with van der Waals surface area (Å²) in [5.41, 5.74) is 5.05. The number of aromatic nitrogens is 1. The smallest absolute Gasteiger partial charge is 0.239 e. The Kier molecular flexibility index (Phi) is 2.23. The number of sulfone groups is 1. The van der Waals surface area contributed by atoms with Crippen LogP contribution in [0.5, 0.6) is 0 Å². The molecule has 0 atom stereocenters. The average molecular weight is 244 g/mol. The average Bonchev–Trinajstić information content (AvgIpc) is 2.98. The van der Waals surface area contributed by atoms with E-state index in [0.29, 0.717) is 0 Å². The molecule has 1 fully saturated rings. The van der Waals surface area contributed by atoms with Gasteiger partial charge in [-0.1, -0.05) is 6.07 Å². The Morgan fingerprint density at radius 1 is 1.44 bits per heavy atom. The first-order valence-electron chi connectivity index (χ1n) is 4.57. The molecule has 0 spiro atoms. The van der Waals surface area contributed by atoms with Crippen LogP contribution >= 0.6 is 0 Å². The minimum atomic E-state index is -3.97. The van der Waals surface area contributed by atoms with Crippen molar-refractivity contribution in [1.29, 1.82) is 0 Å². The molecular formula is C9H9FN2O3S. The van der Waals surface area contributed by atoms with Gasteiger partial charge in [0.15, 0.2) is 9.77 Å². The summed E-state index contributed by atoms with van der Waals surface area (Å²) in [5, 5.41) is -0.441. The van der Waals surface area contributed by atoms with Gasteiger partial charge in [-0.25, -0.2) is 13.4 Å². The zero-order valence-electron chi connectivity index (χ0n) is 8.18. The van der Waals surface area contributed by atoms with E-state index in [1.807, 2.05) is 0 Å². The molecular weight excluding hydrogens is 235 g/mol. The van der Waals surface area contributed by atoms with Gasteiger partial charge in [-0.05, 0) is 25.0 Å². The molecule has 0 bridgehead atoms. The van der Waals surface area contributed by atoms with Gasteiger partial charge in [0.25, 0.3) is 0 Å². The molecule has 0 radical (unpaired) electrons. The van der Waals surface area contributed by atoms with E-state index in [1.54, 1.807) is 0 Å². The molecule has 86 valence electrons. The van der Waals surface area contributed by atoms with Crippen LogP contribution in [-0.2, 0) is 14.6 Å². The molecule has 5 nitrogen and oxygen atoms in total. The van der Waals surface area contributed by atoms with Gasteiger partial charge < -0.3 is 5.73 Å². The van der Waals surface area contributed by atoms with Crippen LogP contribution in [-0.4, -0.2) is 24.1 Å². The number of halogens is 1. The van der Waals surface area contributed by atoms with E-state index in [-0.39, 0.29) is 12.8 Å². The Morgan fingerprint density at radius 3 is 2.50 bits per heavy atom. The van der Waals surface area contributed by atoms with Crippen molar-refractivity contribution in [3.63, 3.8) is 0 Å². The standard InChI is InChI=1S/C9H9FN2O3S/c10-6-2-1-3-7(12-6)16(14,15)9(4-5-9)8(11)13/h1-3H,4-5H2,(H2,11,13). The van der Waals surface area contributed by atoms with Crippen molar-refractivity contribution in [1.82, 2.24) is 4.98 Å². The fourth-order valence-corrected chi connectivity index (χ4v) is 3.27. The number of pyridine rings is 1. The van der Waals surface area contributed by atoms with E-state index in [4.69, 9.17) is 5.73 Å². The third kappa shape index (κ3) is 1.39. The van der Waals surface area contributed by atoms with Crippen molar-refractivity contribution in [2.45, 2.75) is 22.6 Å². The van der Waals surface area contributed by atoms with Crippen LogP contribution in [0.2, 0.25) is 0 Å². The van der Waals surface area contributed by atoms with Crippen LogP contribution in [0.15, 0.2) is 23.2 Å². The summed E-state index contributed by atoms with van der Waals surface area (Å²) in [7, 11) is -3.97. The normalized spacial score (nSPS) is 18.1. The first kappa shape index (κ1) is 11.0. The van der Waals surface area contributed by atoms with Crippen LogP contribution in [0.3, 0.4) is 0 Å². The zero-order chi connectivity index (χ0) is 12.0. The van der Waals surface area contributed by atoms with E-state index in [0.717, 1.165) is 12.1 Å². The number of hydrogen-bond acceptors (Lipinski definition) is 4. The van der Waals surface area contributed by atoms with E-state index in [1.165, 1.54) is 6.07 Å². The van der Waals surface area contributed by atoms with Crippen LogP contribution in [0.25, 0.3) is 0 Å². The molecule has 0 saturated heterocycles. The Labute approximate surface area is 91.4 Å². The molecule has 1 heterocycles. The number of rotatable bonds is 3. The highest BCUT2D eigenvalue weighted by atomic mass is 32.2. The van der Waals surface area contributed by atoms with Crippen molar-refractivity contribution in [2.24, 2.45) is 5.73 Å². The van der Waals surface area contributed by atoms with Crippen molar-refractivity contribution in [3.8, 4) is 0 Å². The molecule has 16 heavy (non-hydrogen) atoms. The lowest BCUT2D eigenvalue weighted by molar-refractivity contribution is -0.118. The van der Waals surface area contributed by atoms with Gasteiger partial charge in [-0.2, -0.15) is 4.39 Å². The maximum absolute atomic E-state index is 12.8. The van der Waals surface area contributed by atoms with Gasteiger partial charge >= 0.3 is 0 Å². The van der Waals surface area contributed by atoms with Crippen molar-refractivity contribution >= 4 is 15.7 Å². The third-order valence-corrected chi connectivity index (χ3v) is 5.05. The molecule has 1 aliphatic rings. The highest BCUT2D eigenvalue weighted by Crippen LogP contribution is 2.45. The monoisotopic (exact) mass is 244 g/mol. The lowest BCUT2D eigenvalue weighted by Gasteiger charge is -2.11. The predicted octanol–water partition coefficient (Wildman–Crippen LogP) is 0.0123. The minimum absolute atomic E-state index is 0.170. The molecule has 0 unspecified atom stereocenters. The van der Waals surface area contributed by atoms with E-state index in [2.05, 4.69) is 4.98 Å². The van der Waals surface area contributed by atoms with Gasteiger partial charge in [0.1, 0.15) is 0 Å². The molecule has 2 rings (SSSR count). The molecule has 1 aliphatic carbocycles. The Balaban J connectivity index is 2.52. The molecule has 0 aliphatic heterocycles. The first-order valence-corrected chi connectivity index (χ1v) is 6.05. The molecule has 2 N–H and O–H groups in total. The second kappa shape index (κ2) is 3.24. The number of nitrogens with zero attached hydrogens (tertiary/aromatic N) is 1. The number of carbonyl (C=O) groups excluding carboxylic acids is 1.